The van der Waals surface area contributed by atoms with Crippen LogP contribution in [0.3, 0.4) is 0 Å². The van der Waals surface area contributed by atoms with Crippen molar-refractivity contribution in [2.45, 2.75) is 19.3 Å². The second-order valence-electron chi connectivity index (χ2n) is 4.43. The smallest absolute Gasteiger partial charge is 0.312 e. The maximum Gasteiger partial charge on any atom is 0.312 e. The zero-order chi connectivity index (χ0) is 13.8. The molecule has 1 unspecified atom stereocenters. The topological polar surface area (TPSA) is 50.2 Å². The molecular formula is C15H14BrNO2. The van der Waals surface area contributed by atoms with Crippen LogP contribution in [0.2, 0.25) is 0 Å². The van der Waals surface area contributed by atoms with Crippen LogP contribution in [0.25, 0.3) is 0 Å². The highest BCUT2D eigenvalue weighted by Gasteiger charge is 2.21. The van der Waals surface area contributed by atoms with Crippen molar-refractivity contribution in [3.8, 4) is 0 Å². The molecule has 0 aliphatic carbocycles. The third-order valence-corrected chi connectivity index (χ3v) is 3.39. The van der Waals surface area contributed by atoms with E-state index in [-0.39, 0.29) is 0 Å². The van der Waals surface area contributed by atoms with Crippen LogP contribution in [-0.4, -0.2) is 16.1 Å². The molecule has 0 aliphatic rings. The first kappa shape index (κ1) is 13.7. The van der Waals surface area contributed by atoms with Crippen molar-refractivity contribution in [3.63, 3.8) is 0 Å². The number of carboxylic acids is 1. The fourth-order valence-corrected chi connectivity index (χ4v) is 2.42. The third-order valence-electron chi connectivity index (χ3n) is 2.89. The summed E-state index contributed by atoms with van der Waals surface area (Å²) in [4.78, 5) is 15.8. The molecule has 0 fully saturated rings. The summed E-state index contributed by atoms with van der Waals surface area (Å²) in [5.41, 5.74) is 2.41. The monoisotopic (exact) mass is 319 g/mol. The Morgan fingerprint density at radius 2 is 2.05 bits per heavy atom. The van der Waals surface area contributed by atoms with E-state index in [1.807, 2.05) is 43.3 Å². The number of nitrogens with zero attached hydrogens (tertiary/aromatic N) is 1. The summed E-state index contributed by atoms with van der Waals surface area (Å²) in [7, 11) is 0. The average Bonchev–Trinajstić information content (AvgIpc) is 2.35. The second kappa shape index (κ2) is 5.97. The summed E-state index contributed by atoms with van der Waals surface area (Å²) >= 11 is 3.39. The highest BCUT2D eigenvalue weighted by atomic mass is 79.9. The maximum atomic E-state index is 11.4. The standard InChI is InChI=1S/C15H14BrNO2/c1-10-4-2-7-14(17-10)13(15(18)19)9-11-5-3-6-12(16)8-11/h2-8,13H,9H2,1H3,(H,18,19). The molecule has 1 aromatic carbocycles. The van der Waals surface area contributed by atoms with Gasteiger partial charge in [0, 0.05) is 10.2 Å². The number of aryl methyl sites for hydroxylation is 1. The van der Waals surface area contributed by atoms with Crippen LogP contribution >= 0.6 is 15.9 Å². The quantitative estimate of drug-likeness (QED) is 0.937. The van der Waals surface area contributed by atoms with E-state index in [4.69, 9.17) is 0 Å². The highest BCUT2D eigenvalue weighted by Crippen LogP contribution is 2.22. The number of hydrogen-bond donors (Lipinski definition) is 1. The van der Waals surface area contributed by atoms with Gasteiger partial charge in [-0.3, -0.25) is 9.78 Å². The van der Waals surface area contributed by atoms with Crippen LogP contribution < -0.4 is 0 Å². The Bertz CT molecular complexity index is 598. The molecule has 0 spiro atoms. The lowest BCUT2D eigenvalue weighted by Gasteiger charge is -2.12. The minimum absolute atomic E-state index is 0.436. The summed E-state index contributed by atoms with van der Waals surface area (Å²) in [6.07, 6.45) is 0.436. The van der Waals surface area contributed by atoms with E-state index in [9.17, 15) is 9.90 Å². The molecule has 0 amide bonds. The lowest BCUT2D eigenvalue weighted by atomic mass is 9.95. The summed E-state index contributed by atoms with van der Waals surface area (Å²) in [6, 6.07) is 13.2. The molecule has 1 atom stereocenters. The number of pyridine rings is 1. The van der Waals surface area contributed by atoms with Crippen molar-refractivity contribution >= 4 is 21.9 Å². The molecule has 0 bridgehead atoms. The van der Waals surface area contributed by atoms with Gasteiger partial charge in [-0.05, 0) is 43.2 Å². The van der Waals surface area contributed by atoms with Crippen molar-refractivity contribution in [1.29, 1.82) is 0 Å². The third kappa shape index (κ3) is 3.64. The lowest BCUT2D eigenvalue weighted by molar-refractivity contribution is -0.138. The van der Waals surface area contributed by atoms with Gasteiger partial charge in [-0.15, -0.1) is 0 Å². The van der Waals surface area contributed by atoms with E-state index in [2.05, 4.69) is 20.9 Å². The van der Waals surface area contributed by atoms with E-state index in [0.717, 1.165) is 15.7 Å². The molecule has 0 aliphatic heterocycles. The fourth-order valence-electron chi connectivity index (χ4n) is 1.98. The van der Waals surface area contributed by atoms with Crippen molar-refractivity contribution in [2.24, 2.45) is 0 Å². The molecule has 3 nitrogen and oxygen atoms in total. The van der Waals surface area contributed by atoms with Gasteiger partial charge in [0.25, 0.3) is 0 Å². The summed E-state index contributed by atoms with van der Waals surface area (Å²) in [6.45, 7) is 1.86. The first-order valence-corrected chi connectivity index (χ1v) is 6.76. The van der Waals surface area contributed by atoms with Gasteiger partial charge < -0.3 is 5.11 Å². The largest absolute Gasteiger partial charge is 0.481 e. The Labute approximate surface area is 120 Å². The molecule has 1 aromatic heterocycles. The predicted molar refractivity (Wildman–Crippen MR) is 77.2 cm³/mol. The van der Waals surface area contributed by atoms with Gasteiger partial charge >= 0.3 is 5.97 Å². The van der Waals surface area contributed by atoms with Gasteiger partial charge in [-0.25, -0.2) is 0 Å². The van der Waals surface area contributed by atoms with Gasteiger partial charge in [0.15, 0.2) is 0 Å². The van der Waals surface area contributed by atoms with Crippen LogP contribution in [0, 0.1) is 6.92 Å². The van der Waals surface area contributed by atoms with Gasteiger partial charge in [0.1, 0.15) is 5.92 Å². The van der Waals surface area contributed by atoms with Crippen molar-refractivity contribution in [2.75, 3.05) is 0 Å². The number of carboxylic acid groups (broad SMARTS) is 1. The first-order chi connectivity index (χ1) is 9.06. The molecule has 2 aromatic rings. The van der Waals surface area contributed by atoms with Crippen LogP contribution in [-0.2, 0) is 11.2 Å². The van der Waals surface area contributed by atoms with E-state index in [1.54, 1.807) is 6.07 Å². The first-order valence-electron chi connectivity index (χ1n) is 5.97. The van der Waals surface area contributed by atoms with Gasteiger partial charge in [-0.2, -0.15) is 0 Å². The van der Waals surface area contributed by atoms with Crippen molar-refractivity contribution < 1.29 is 9.90 Å². The van der Waals surface area contributed by atoms with E-state index in [1.165, 1.54) is 0 Å². The second-order valence-corrected chi connectivity index (χ2v) is 5.34. The maximum absolute atomic E-state index is 11.4. The van der Waals surface area contributed by atoms with E-state index < -0.39 is 11.9 Å². The van der Waals surface area contributed by atoms with Gasteiger partial charge in [-0.1, -0.05) is 34.1 Å². The molecule has 1 N–H and O–H groups in total. The van der Waals surface area contributed by atoms with Crippen LogP contribution in [0.5, 0.6) is 0 Å². The molecule has 4 heteroatoms. The van der Waals surface area contributed by atoms with Gasteiger partial charge in [0.2, 0.25) is 0 Å². The Morgan fingerprint density at radius 1 is 1.32 bits per heavy atom. The highest BCUT2D eigenvalue weighted by molar-refractivity contribution is 9.10. The number of halogens is 1. The fraction of sp³-hybridized carbons (Fsp3) is 0.200. The summed E-state index contributed by atoms with van der Waals surface area (Å²) in [5, 5.41) is 9.40. The van der Waals surface area contributed by atoms with Crippen LogP contribution in [0.1, 0.15) is 22.9 Å². The van der Waals surface area contributed by atoms with E-state index in [0.29, 0.717) is 12.1 Å². The zero-order valence-corrected chi connectivity index (χ0v) is 12.1. The Morgan fingerprint density at radius 3 is 2.68 bits per heavy atom. The molecule has 0 saturated carbocycles. The molecule has 1 heterocycles. The molecule has 0 radical (unpaired) electrons. The minimum Gasteiger partial charge on any atom is -0.481 e. The zero-order valence-electron chi connectivity index (χ0n) is 10.5. The molecule has 19 heavy (non-hydrogen) atoms. The number of hydrogen-bond acceptors (Lipinski definition) is 2. The van der Waals surface area contributed by atoms with Crippen LogP contribution in [0.15, 0.2) is 46.9 Å². The number of aromatic nitrogens is 1. The number of rotatable bonds is 4. The average molecular weight is 320 g/mol. The number of aliphatic carboxylic acids is 1. The molecule has 2 rings (SSSR count). The Balaban J connectivity index is 2.29. The molecule has 98 valence electrons. The Hall–Kier alpha value is -1.68. The van der Waals surface area contributed by atoms with E-state index >= 15 is 0 Å². The Kier molecular flexibility index (Phi) is 4.32. The summed E-state index contributed by atoms with van der Waals surface area (Å²) < 4.78 is 0.950. The molecule has 0 saturated heterocycles. The lowest BCUT2D eigenvalue weighted by Crippen LogP contribution is -2.16. The van der Waals surface area contributed by atoms with Crippen LogP contribution in [0.4, 0.5) is 0 Å². The SMILES string of the molecule is Cc1cccc(C(Cc2cccc(Br)c2)C(=O)O)n1. The normalized spacial score (nSPS) is 12.1. The van der Waals surface area contributed by atoms with Gasteiger partial charge in [0.05, 0.1) is 5.69 Å². The van der Waals surface area contributed by atoms with Crippen molar-refractivity contribution in [1.82, 2.24) is 4.98 Å². The number of carbonyl (C=O) groups is 1. The summed E-state index contributed by atoms with van der Waals surface area (Å²) in [5.74, 6) is -1.47. The predicted octanol–water partition coefficient (Wildman–Crippen LogP) is 3.56. The minimum atomic E-state index is -0.849. The number of benzene rings is 1. The van der Waals surface area contributed by atoms with Crippen molar-refractivity contribution in [3.05, 3.63) is 63.9 Å². The molecular weight excluding hydrogens is 306 g/mol.